The molecule has 48 heavy (non-hydrogen) atoms. The number of aryl methyl sites for hydroxylation is 1. The number of hydrogen-bond donors (Lipinski definition) is 3. The topological polar surface area (TPSA) is 144 Å². The average molecular weight is 672 g/mol. The van der Waals surface area contributed by atoms with Crippen LogP contribution in [-0.2, 0) is 29.4 Å². The zero-order valence-electron chi connectivity index (χ0n) is 25.7. The Morgan fingerprint density at radius 3 is 2.35 bits per heavy atom. The number of imide groups is 2. The highest BCUT2D eigenvalue weighted by Gasteiger charge is 2.70. The van der Waals surface area contributed by atoms with Crippen LogP contribution < -0.4 is 5.43 Å². The van der Waals surface area contributed by atoms with E-state index in [-0.39, 0.29) is 25.1 Å². The van der Waals surface area contributed by atoms with Gasteiger partial charge in [0.05, 0.1) is 35.3 Å². The number of hydrazine groups is 1. The van der Waals surface area contributed by atoms with Gasteiger partial charge < -0.3 is 10.2 Å². The summed E-state index contributed by atoms with van der Waals surface area (Å²) >= 11 is 6.30. The number of carboxylic acids is 1. The Kier molecular flexibility index (Phi) is 7.62. The molecule has 6 unspecified atom stereocenters. The summed E-state index contributed by atoms with van der Waals surface area (Å²) in [4.78, 5) is 69.4. The molecule has 2 heterocycles. The van der Waals surface area contributed by atoms with Gasteiger partial charge in [-0.25, -0.2) is 4.39 Å². The van der Waals surface area contributed by atoms with E-state index in [0.29, 0.717) is 27.4 Å². The van der Waals surface area contributed by atoms with Gasteiger partial charge in [0.25, 0.3) is 11.8 Å². The minimum atomic E-state index is -1.54. The third-order valence-electron chi connectivity index (χ3n) is 10.5. The number of carboxylic acid groups (broad SMARTS) is 1. The van der Waals surface area contributed by atoms with Gasteiger partial charge in [0.15, 0.2) is 0 Å². The molecule has 1 saturated carbocycles. The molecule has 0 radical (unpaired) electrons. The highest BCUT2D eigenvalue weighted by Crippen LogP contribution is 2.64. The average Bonchev–Trinajstić information content (AvgIpc) is 3.43. The van der Waals surface area contributed by atoms with Gasteiger partial charge >= 0.3 is 5.97 Å². The number of phenolic OH excluding ortho intramolecular Hbond substituents is 1. The van der Waals surface area contributed by atoms with Crippen molar-refractivity contribution in [2.24, 2.45) is 23.7 Å². The fourth-order valence-corrected chi connectivity index (χ4v) is 8.51. The van der Waals surface area contributed by atoms with Gasteiger partial charge in [-0.3, -0.25) is 34.3 Å². The summed E-state index contributed by atoms with van der Waals surface area (Å²) in [6, 6.07) is 16.9. The number of halogens is 2. The lowest BCUT2D eigenvalue weighted by atomic mass is 9.49. The van der Waals surface area contributed by atoms with Crippen LogP contribution in [0.3, 0.4) is 0 Å². The SMILES string of the molecule is Cc1cc(C2C3=CCC4C(=O)N(CCC(=O)O)C(=O)C4C3CC3C(=O)N(Nc4ccc(F)cc4)C(=O)C32c2ccc(Cl)cc2)ccc1O. The maximum Gasteiger partial charge on any atom is 0.305 e. The first-order valence-electron chi connectivity index (χ1n) is 15.7. The van der Waals surface area contributed by atoms with E-state index in [1.54, 1.807) is 43.3 Å². The van der Waals surface area contributed by atoms with E-state index in [4.69, 9.17) is 11.6 Å². The number of phenols is 1. The van der Waals surface area contributed by atoms with Crippen molar-refractivity contribution in [2.75, 3.05) is 12.0 Å². The van der Waals surface area contributed by atoms with Crippen LogP contribution in [-0.4, -0.2) is 56.3 Å². The Balaban J connectivity index is 1.43. The number of carbonyl (C=O) groups excluding carboxylic acids is 4. The van der Waals surface area contributed by atoms with E-state index < -0.39 is 76.8 Å². The molecule has 246 valence electrons. The predicted molar refractivity (Wildman–Crippen MR) is 171 cm³/mol. The monoisotopic (exact) mass is 671 g/mol. The van der Waals surface area contributed by atoms with E-state index in [2.05, 4.69) is 5.43 Å². The van der Waals surface area contributed by atoms with Gasteiger partial charge in [-0.1, -0.05) is 47.5 Å². The number of aromatic hydroxyl groups is 1. The molecule has 4 aliphatic rings. The van der Waals surface area contributed by atoms with E-state index in [9.17, 15) is 33.8 Å². The standard InChI is InChI=1S/C36H31ClFN3O7/c1-18-16-19(2-13-28(18)42)31-24-11-12-25-30(34(47)40(32(25)45)15-14-29(43)44)26(24)17-27-33(46)41(39-23-9-7-22(38)8-10-23)35(48)36(27,31)20-3-5-21(37)6-4-20/h2-11,13,16,25-27,30-31,39,42H,12,14-15,17H2,1H3,(H,43,44). The molecule has 0 aromatic heterocycles. The van der Waals surface area contributed by atoms with Crippen molar-refractivity contribution in [2.45, 2.75) is 37.5 Å². The number of aliphatic carboxylic acids is 1. The van der Waals surface area contributed by atoms with Crippen molar-refractivity contribution in [3.63, 3.8) is 0 Å². The summed E-state index contributed by atoms with van der Waals surface area (Å²) in [5.41, 5.74) is 4.07. The molecule has 3 aromatic rings. The van der Waals surface area contributed by atoms with E-state index >= 15 is 4.79 Å². The molecule has 3 aromatic carbocycles. The Labute approximate surface area is 279 Å². The predicted octanol–water partition coefficient (Wildman–Crippen LogP) is 4.95. The molecule has 0 bridgehead atoms. The number of rotatable bonds is 7. The summed E-state index contributed by atoms with van der Waals surface area (Å²) in [7, 11) is 0. The number of amides is 4. The number of benzene rings is 3. The Morgan fingerprint density at radius 1 is 0.979 bits per heavy atom. The maximum atomic E-state index is 15.1. The molecule has 2 saturated heterocycles. The van der Waals surface area contributed by atoms with Gasteiger partial charge in [0.2, 0.25) is 11.8 Å². The fraction of sp³-hybridized carbons (Fsp3) is 0.306. The van der Waals surface area contributed by atoms with E-state index in [0.717, 1.165) is 15.5 Å². The van der Waals surface area contributed by atoms with Crippen LogP contribution in [0.25, 0.3) is 0 Å². The zero-order valence-corrected chi connectivity index (χ0v) is 26.5. The lowest BCUT2D eigenvalue weighted by Gasteiger charge is -2.50. The van der Waals surface area contributed by atoms with Crippen molar-refractivity contribution >= 4 is 46.9 Å². The largest absolute Gasteiger partial charge is 0.508 e. The van der Waals surface area contributed by atoms with Crippen LogP contribution in [0.15, 0.2) is 78.4 Å². The van der Waals surface area contributed by atoms with Crippen molar-refractivity contribution in [1.82, 2.24) is 9.91 Å². The second kappa shape index (κ2) is 11.6. The highest BCUT2D eigenvalue weighted by molar-refractivity contribution is 6.30. The first-order chi connectivity index (χ1) is 22.9. The van der Waals surface area contributed by atoms with Gasteiger partial charge in [-0.15, -0.1) is 0 Å². The number of nitrogens with one attached hydrogen (secondary N) is 1. The van der Waals surface area contributed by atoms with Crippen LogP contribution in [0.2, 0.25) is 5.02 Å². The van der Waals surface area contributed by atoms with Crippen LogP contribution in [0.1, 0.15) is 41.9 Å². The Hall–Kier alpha value is -5.03. The number of anilines is 1. The van der Waals surface area contributed by atoms with Crippen molar-refractivity contribution < 1.29 is 38.6 Å². The first-order valence-corrected chi connectivity index (χ1v) is 16.0. The minimum Gasteiger partial charge on any atom is -0.508 e. The number of nitrogens with zero attached hydrogens (tertiary/aromatic N) is 2. The molecular weight excluding hydrogens is 641 g/mol. The first kappa shape index (κ1) is 31.6. The van der Waals surface area contributed by atoms with Crippen molar-refractivity contribution in [3.05, 3.63) is 106 Å². The molecule has 7 rings (SSSR count). The normalized spacial score (nSPS) is 27.8. The minimum absolute atomic E-state index is 0.0416. The molecule has 0 spiro atoms. The summed E-state index contributed by atoms with van der Waals surface area (Å²) in [5.74, 6) is -7.66. The summed E-state index contributed by atoms with van der Waals surface area (Å²) in [5, 5.41) is 21.1. The molecule has 2 aliphatic carbocycles. The van der Waals surface area contributed by atoms with E-state index in [1.807, 2.05) is 6.08 Å². The summed E-state index contributed by atoms with van der Waals surface area (Å²) in [6.07, 6.45) is 1.75. The Bertz CT molecular complexity index is 1910. The molecule has 12 heteroatoms. The van der Waals surface area contributed by atoms with Gasteiger partial charge in [-0.2, -0.15) is 5.01 Å². The maximum absolute atomic E-state index is 15.1. The molecule has 3 fully saturated rings. The lowest BCUT2D eigenvalue weighted by Crippen LogP contribution is -2.53. The highest BCUT2D eigenvalue weighted by atomic mass is 35.5. The van der Waals surface area contributed by atoms with Crippen LogP contribution in [0.5, 0.6) is 5.75 Å². The number of likely N-dealkylation sites (tertiary alicyclic amines) is 1. The fourth-order valence-electron chi connectivity index (χ4n) is 8.38. The third-order valence-corrected chi connectivity index (χ3v) is 10.7. The lowest BCUT2D eigenvalue weighted by molar-refractivity contribution is -0.143. The third kappa shape index (κ3) is 4.70. The number of allylic oxidation sites excluding steroid dienone is 2. The Morgan fingerprint density at radius 2 is 1.69 bits per heavy atom. The van der Waals surface area contributed by atoms with Crippen LogP contribution in [0, 0.1) is 36.4 Å². The molecule has 4 amide bonds. The zero-order chi connectivity index (χ0) is 34.1. The number of hydrogen-bond acceptors (Lipinski definition) is 7. The summed E-state index contributed by atoms with van der Waals surface area (Å²) in [6.45, 7) is 1.47. The number of carbonyl (C=O) groups is 5. The quantitative estimate of drug-likeness (QED) is 0.236. The van der Waals surface area contributed by atoms with Crippen molar-refractivity contribution in [1.29, 1.82) is 0 Å². The smallest absolute Gasteiger partial charge is 0.305 e. The molecule has 2 aliphatic heterocycles. The van der Waals surface area contributed by atoms with Gasteiger partial charge in [0.1, 0.15) is 11.6 Å². The molecule has 3 N–H and O–H groups in total. The molecule has 6 atom stereocenters. The second-order valence-electron chi connectivity index (χ2n) is 12.9. The number of fused-ring (bicyclic) bond motifs is 4. The van der Waals surface area contributed by atoms with Crippen molar-refractivity contribution in [3.8, 4) is 5.75 Å². The van der Waals surface area contributed by atoms with Gasteiger partial charge in [0, 0.05) is 17.5 Å². The summed E-state index contributed by atoms with van der Waals surface area (Å²) < 4.78 is 13.8. The van der Waals surface area contributed by atoms with Crippen LogP contribution in [0.4, 0.5) is 10.1 Å². The second-order valence-corrected chi connectivity index (χ2v) is 13.3. The molecular formula is C36H31ClFN3O7. The van der Waals surface area contributed by atoms with E-state index in [1.165, 1.54) is 30.3 Å². The van der Waals surface area contributed by atoms with Crippen LogP contribution >= 0.6 is 11.6 Å². The molecule has 10 nitrogen and oxygen atoms in total. The van der Waals surface area contributed by atoms with Gasteiger partial charge in [-0.05, 0) is 84.8 Å².